The number of carbonyl (C=O) groups excluding carboxylic acids is 1. The number of anilines is 2. The minimum absolute atomic E-state index is 0.0319. The van der Waals surface area contributed by atoms with Gasteiger partial charge in [-0.3, -0.25) is 15.1 Å². The first-order valence-electron chi connectivity index (χ1n) is 10.7. The topological polar surface area (TPSA) is 132 Å². The van der Waals surface area contributed by atoms with Gasteiger partial charge in [0.2, 0.25) is 0 Å². The lowest BCUT2D eigenvalue weighted by atomic mass is 10.0. The second-order valence-electron chi connectivity index (χ2n) is 7.94. The van der Waals surface area contributed by atoms with Crippen molar-refractivity contribution in [2.45, 2.75) is 40.2 Å². The number of rotatable bonds is 8. The van der Waals surface area contributed by atoms with Gasteiger partial charge in [-0.2, -0.15) is 0 Å². The highest BCUT2D eigenvalue weighted by Gasteiger charge is 2.21. The summed E-state index contributed by atoms with van der Waals surface area (Å²) in [6.07, 6.45) is -0.126. The van der Waals surface area contributed by atoms with Crippen LogP contribution in [0.1, 0.15) is 42.5 Å². The van der Waals surface area contributed by atoms with Crippen molar-refractivity contribution < 1.29 is 14.7 Å². The number of nitrogens with zero attached hydrogens (tertiary/aromatic N) is 1. The number of nitrogen functional groups attached to an aromatic ring is 1. The van der Waals surface area contributed by atoms with Crippen LogP contribution >= 0.6 is 0 Å². The molecule has 8 nitrogen and oxygen atoms in total. The van der Waals surface area contributed by atoms with Crippen molar-refractivity contribution in [3.05, 3.63) is 58.7 Å². The van der Waals surface area contributed by atoms with Gasteiger partial charge in [0, 0.05) is 35.1 Å². The summed E-state index contributed by atoms with van der Waals surface area (Å²) in [5.74, 6) is 5.36. The smallest absolute Gasteiger partial charge is 0.322 e. The van der Waals surface area contributed by atoms with Crippen LogP contribution < -0.4 is 21.3 Å². The fraction of sp³-hybridized carbons (Fsp3) is 0.320. The highest BCUT2D eigenvalue weighted by Crippen LogP contribution is 2.26. The maximum Gasteiger partial charge on any atom is 0.322 e. The van der Waals surface area contributed by atoms with Crippen LogP contribution in [0.3, 0.4) is 0 Å². The number of aliphatic carboxylic acids is 1. The number of hydrogen-bond acceptors (Lipinski definition) is 4. The van der Waals surface area contributed by atoms with Gasteiger partial charge in [0.1, 0.15) is 5.84 Å². The van der Waals surface area contributed by atoms with E-state index in [0.29, 0.717) is 12.1 Å². The molecular weight excluding hydrogens is 418 g/mol. The molecule has 2 rings (SSSR count). The third-order valence-electron chi connectivity index (χ3n) is 4.95. The van der Waals surface area contributed by atoms with Crippen LogP contribution in [0.4, 0.5) is 16.2 Å². The lowest BCUT2D eigenvalue weighted by Gasteiger charge is -2.29. The molecule has 8 heteroatoms. The number of carboxylic acids is 1. The average molecular weight is 450 g/mol. The molecule has 0 saturated heterocycles. The van der Waals surface area contributed by atoms with Gasteiger partial charge in [0.05, 0.1) is 13.0 Å². The van der Waals surface area contributed by atoms with E-state index in [1.807, 2.05) is 52.0 Å². The molecule has 0 aliphatic carbocycles. The molecule has 2 aromatic carbocycles. The quantitative estimate of drug-likeness (QED) is 0.239. The lowest BCUT2D eigenvalue weighted by molar-refractivity contribution is -0.136. The van der Waals surface area contributed by atoms with Gasteiger partial charge in [0.25, 0.3) is 0 Å². The number of amides is 2. The third-order valence-corrected chi connectivity index (χ3v) is 4.95. The van der Waals surface area contributed by atoms with E-state index in [-0.39, 0.29) is 30.9 Å². The normalized spacial score (nSPS) is 10.2. The van der Waals surface area contributed by atoms with E-state index in [2.05, 4.69) is 22.5 Å². The van der Waals surface area contributed by atoms with Crippen LogP contribution in [0.2, 0.25) is 0 Å². The van der Waals surface area contributed by atoms with E-state index in [0.717, 1.165) is 28.1 Å². The van der Waals surface area contributed by atoms with Crippen LogP contribution in [0.25, 0.3) is 0 Å². The monoisotopic (exact) mass is 449 g/mol. The van der Waals surface area contributed by atoms with Crippen molar-refractivity contribution in [2.75, 3.05) is 23.3 Å². The molecule has 2 amide bonds. The Bertz CT molecular complexity index is 1080. The summed E-state index contributed by atoms with van der Waals surface area (Å²) >= 11 is 0. The Morgan fingerprint density at radius 1 is 1.15 bits per heavy atom. The van der Waals surface area contributed by atoms with Crippen molar-refractivity contribution in [1.29, 1.82) is 5.41 Å². The Morgan fingerprint density at radius 2 is 1.82 bits per heavy atom. The van der Waals surface area contributed by atoms with E-state index < -0.39 is 5.97 Å². The molecule has 0 heterocycles. The number of nitrogens with two attached hydrogens (primary N) is 1. The zero-order valence-corrected chi connectivity index (χ0v) is 19.5. The second-order valence-corrected chi connectivity index (χ2v) is 7.94. The largest absolute Gasteiger partial charge is 0.481 e. The molecule has 2 aromatic rings. The van der Waals surface area contributed by atoms with Crippen LogP contribution in [-0.2, 0) is 4.79 Å². The molecule has 0 aromatic heterocycles. The minimum atomic E-state index is -0.955. The summed E-state index contributed by atoms with van der Waals surface area (Å²) in [5, 5.41) is 22.1. The zero-order chi connectivity index (χ0) is 24.5. The molecule has 0 bridgehead atoms. The predicted octanol–water partition coefficient (Wildman–Crippen LogP) is 3.45. The number of hydrogen-bond donors (Lipinski definition) is 5. The molecule has 0 radical (unpaired) electrons. The molecule has 174 valence electrons. The fourth-order valence-corrected chi connectivity index (χ4v) is 3.23. The number of amidine groups is 1. The molecule has 6 N–H and O–H groups in total. The minimum Gasteiger partial charge on any atom is -0.481 e. The maximum atomic E-state index is 12.7. The van der Waals surface area contributed by atoms with Gasteiger partial charge in [-0.15, -0.1) is 0 Å². The number of nitrogens with one attached hydrogen (secondary N) is 3. The molecule has 33 heavy (non-hydrogen) atoms. The highest BCUT2D eigenvalue weighted by molar-refractivity contribution is 5.95. The third kappa shape index (κ3) is 7.28. The summed E-state index contributed by atoms with van der Waals surface area (Å²) in [5.41, 5.74) is 10.5. The van der Waals surface area contributed by atoms with E-state index in [9.17, 15) is 9.59 Å². The number of urea groups is 1. The van der Waals surface area contributed by atoms with E-state index in [4.69, 9.17) is 16.2 Å². The van der Waals surface area contributed by atoms with Crippen LogP contribution in [-0.4, -0.2) is 42.1 Å². The molecular formula is C25H31N5O3. The number of benzene rings is 2. The van der Waals surface area contributed by atoms with Gasteiger partial charge in [-0.05, 0) is 75.2 Å². The highest BCUT2D eigenvalue weighted by atomic mass is 16.4. The van der Waals surface area contributed by atoms with Crippen LogP contribution in [0, 0.1) is 31.1 Å². The first-order valence-corrected chi connectivity index (χ1v) is 10.7. The van der Waals surface area contributed by atoms with Gasteiger partial charge >= 0.3 is 12.0 Å². The summed E-state index contributed by atoms with van der Waals surface area (Å²) in [6, 6.07) is 10.7. The van der Waals surface area contributed by atoms with Crippen molar-refractivity contribution in [2.24, 2.45) is 5.73 Å². The van der Waals surface area contributed by atoms with Crippen molar-refractivity contribution in [3.8, 4) is 11.8 Å². The zero-order valence-electron chi connectivity index (χ0n) is 19.5. The Morgan fingerprint density at radius 3 is 2.39 bits per heavy atom. The first-order chi connectivity index (χ1) is 15.6. The molecule has 0 aliphatic heterocycles. The number of carboxylic acid groups (broad SMARTS) is 1. The van der Waals surface area contributed by atoms with Gasteiger partial charge in [-0.1, -0.05) is 11.8 Å². The first kappa shape index (κ1) is 25.3. The lowest BCUT2D eigenvalue weighted by Crippen LogP contribution is -2.45. The molecule has 0 fully saturated rings. The van der Waals surface area contributed by atoms with Crippen LogP contribution in [0.5, 0.6) is 0 Å². The van der Waals surface area contributed by atoms with Gasteiger partial charge < -0.3 is 21.5 Å². The summed E-state index contributed by atoms with van der Waals surface area (Å²) < 4.78 is 0. The second kappa shape index (κ2) is 11.6. The number of carbonyl (C=O) groups is 2. The summed E-state index contributed by atoms with van der Waals surface area (Å²) in [6.45, 7) is 8.21. The predicted molar refractivity (Wildman–Crippen MR) is 132 cm³/mol. The molecule has 0 unspecified atom stereocenters. The SMILES string of the molecule is Cc1cc(N(C(=O)NCCC(=O)O)C(C)C)c(C)cc1C#CCNc1ccc(C(=N)N)cc1. The average Bonchev–Trinajstić information content (AvgIpc) is 2.74. The molecule has 0 spiro atoms. The summed E-state index contributed by atoms with van der Waals surface area (Å²) in [7, 11) is 0. The number of aryl methyl sites for hydroxylation is 2. The Kier molecular flexibility index (Phi) is 8.87. The van der Waals surface area contributed by atoms with E-state index >= 15 is 0 Å². The summed E-state index contributed by atoms with van der Waals surface area (Å²) in [4.78, 5) is 25.0. The van der Waals surface area contributed by atoms with Crippen molar-refractivity contribution in [1.82, 2.24) is 5.32 Å². The molecule has 0 atom stereocenters. The van der Waals surface area contributed by atoms with E-state index in [1.54, 1.807) is 17.0 Å². The van der Waals surface area contributed by atoms with Crippen molar-refractivity contribution >= 4 is 29.2 Å². The van der Waals surface area contributed by atoms with E-state index in [1.165, 1.54) is 0 Å². The molecule has 0 aliphatic rings. The Hall–Kier alpha value is -3.99. The maximum absolute atomic E-state index is 12.7. The molecule has 0 saturated carbocycles. The standard InChI is InChI=1S/C25H31N5O3/c1-16(2)30(25(33)29-13-11-23(31)32)22-15-17(3)20(14-18(22)4)6-5-12-28-21-9-7-19(8-10-21)24(26)27/h7-10,14-16,28H,11-13H2,1-4H3,(H3,26,27)(H,29,33)(H,31,32). The Labute approximate surface area is 194 Å². The fourth-order valence-electron chi connectivity index (χ4n) is 3.23. The van der Waals surface area contributed by atoms with Crippen LogP contribution in [0.15, 0.2) is 36.4 Å². The Balaban J connectivity index is 2.11. The van der Waals surface area contributed by atoms with Gasteiger partial charge in [-0.25, -0.2) is 4.79 Å². The van der Waals surface area contributed by atoms with Crippen molar-refractivity contribution in [3.63, 3.8) is 0 Å². The van der Waals surface area contributed by atoms with Gasteiger partial charge in [0.15, 0.2) is 0 Å².